The van der Waals surface area contributed by atoms with Crippen molar-refractivity contribution in [1.29, 1.82) is 0 Å². The number of halogens is 3. The molecule has 0 aromatic heterocycles. The molecule has 0 heterocycles. The molecular formula is C10H10ClF2NO2. The second-order valence-electron chi connectivity index (χ2n) is 3.13. The monoisotopic (exact) mass is 249 g/mol. The average Bonchev–Trinajstić information content (AvgIpc) is 2.28. The number of benzene rings is 1. The molecule has 1 aromatic rings. The number of ether oxygens (including phenoxy) is 1. The van der Waals surface area contributed by atoms with Crippen LogP contribution in [0.25, 0.3) is 0 Å². The number of alkyl halides is 2. The lowest BCUT2D eigenvalue weighted by molar-refractivity contribution is -0.118. The summed E-state index contributed by atoms with van der Waals surface area (Å²) in [6.07, 6.45) is 0.00107. The third-order valence-corrected chi connectivity index (χ3v) is 2.41. The Bertz CT molecular complexity index is 398. The number of hydrogen-bond donors (Lipinski definition) is 1. The van der Waals surface area contributed by atoms with E-state index in [2.05, 4.69) is 0 Å². The first-order valence-electron chi connectivity index (χ1n) is 4.36. The molecule has 0 bridgehead atoms. The van der Waals surface area contributed by atoms with Crippen molar-refractivity contribution in [3.8, 4) is 5.75 Å². The summed E-state index contributed by atoms with van der Waals surface area (Å²) >= 11 is 5.69. The fourth-order valence-electron chi connectivity index (χ4n) is 1.15. The minimum Gasteiger partial charge on any atom is -0.495 e. The van der Waals surface area contributed by atoms with Gasteiger partial charge in [-0.2, -0.15) is 8.78 Å². The van der Waals surface area contributed by atoms with Crippen LogP contribution in [0.15, 0.2) is 18.2 Å². The van der Waals surface area contributed by atoms with Gasteiger partial charge >= 0.3 is 0 Å². The number of nitrogens with two attached hydrogens (primary N) is 1. The number of hydrogen-bond acceptors (Lipinski definition) is 3. The molecule has 0 saturated heterocycles. The van der Waals surface area contributed by atoms with Gasteiger partial charge in [0.15, 0.2) is 0 Å². The minimum absolute atomic E-state index is 0.00107. The van der Waals surface area contributed by atoms with E-state index in [9.17, 15) is 13.6 Å². The largest absolute Gasteiger partial charge is 0.495 e. The predicted octanol–water partition coefficient (Wildman–Crippen LogP) is 1.97. The van der Waals surface area contributed by atoms with Crippen LogP contribution in [-0.4, -0.2) is 19.4 Å². The fourth-order valence-corrected chi connectivity index (χ4v) is 1.34. The van der Waals surface area contributed by atoms with Crippen molar-refractivity contribution in [2.75, 3.05) is 7.11 Å². The molecule has 2 N–H and O–H groups in total. The van der Waals surface area contributed by atoms with E-state index in [1.807, 2.05) is 0 Å². The van der Waals surface area contributed by atoms with Crippen LogP contribution in [0.5, 0.6) is 5.75 Å². The summed E-state index contributed by atoms with van der Waals surface area (Å²) < 4.78 is 31.9. The Morgan fingerprint density at radius 2 is 2.19 bits per heavy atom. The lowest BCUT2D eigenvalue weighted by Gasteiger charge is -2.20. The Labute approximate surface area is 96.1 Å². The Hall–Kier alpha value is -1.20. The number of carbonyl (C=O) groups excluding carboxylic acids is 1. The zero-order valence-corrected chi connectivity index (χ0v) is 9.17. The second-order valence-corrected chi connectivity index (χ2v) is 3.54. The van der Waals surface area contributed by atoms with E-state index in [1.165, 1.54) is 13.2 Å². The Kier molecular flexibility index (Phi) is 3.83. The van der Waals surface area contributed by atoms with Crippen molar-refractivity contribution in [2.24, 2.45) is 5.73 Å². The normalized spacial score (nSPS) is 13.3. The highest BCUT2D eigenvalue weighted by molar-refractivity contribution is 6.32. The highest BCUT2D eigenvalue weighted by atomic mass is 35.5. The summed E-state index contributed by atoms with van der Waals surface area (Å²) in [6.45, 7) is 0. The van der Waals surface area contributed by atoms with Crippen molar-refractivity contribution < 1.29 is 18.3 Å². The SMILES string of the molecule is COc1cc(C(F)(F)C(N)C=O)ccc1Cl. The van der Waals surface area contributed by atoms with Gasteiger partial charge in [-0.05, 0) is 12.1 Å². The van der Waals surface area contributed by atoms with Gasteiger partial charge in [0.1, 0.15) is 18.1 Å². The molecule has 1 rings (SSSR count). The summed E-state index contributed by atoms with van der Waals surface area (Å²) in [5.41, 5.74) is 4.61. The molecule has 0 radical (unpaired) electrons. The molecule has 0 spiro atoms. The van der Waals surface area contributed by atoms with Crippen LogP contribution in [0.1, 0.15) is 5.56 Å². The van der Waals surface area contributed by atoms with Crippen molar-refractivity contribution in [3.05, 3.63) is 28.8 Å². The molecule has 1 unspecified atom stereocenters. The van der Waals surface area contributed by atoms with Crippen LogP contribution in [-0.2, 0) is 10.7 Å². The lowest BCUT2D eigenvalue weighted by Crippen LogP contribution is -2.39. The Morgan fingerprint density at radius 1 is 1.56 bits per heavy atom. The Morgan fingerprint density at radius 3 is 2.69 bits per heavy atom. The first kappa shape index (κ1) is 12.9. The summed E-state index contributed by atoms with van der Waals surface area (Å²) in [7, 11) is 1.31. The molecule has 0 saturated carbocycles. The molecule has 6 heteroatoms. The smallest absolute Gasteiger partial charge is 0.294 e. The van der Waals surface area contributed by atoms with Crippen LogP contribution in [0.3, 0.4) is 0 Å². The predicted molar refractivity (Wildman–Crippen MR) is 55.9 cm³/mol. The molecular weight excluding hydrogens is 240 g/mol. The molecule has 0 amide bonds. The molecule has 16 heavy (non-hydrogen) atoms. The topological polar surface area (TPSA) is 52.3 Å². The van der Waals surface area contributed by atoms with Crippen LogP contribution in [0.4, 0.5) is 8.78 Å². The van der Waals surface area contributed by atoms with Crippen LogP contribution in [0.2, 0.25) is 5.02 Å². The van der Waals surface area contributed by atoms with E-state index in [0.29, 0.717) is 0 Å². The van der Waals surface area contributed by atoms with Gasteiger partial charge in [0, 0.05) is 5.56 Å². The van der Waals surface area contributed by atoms with Gasteiger partial charge in [0.05, 0.1) is 12.1 Å². The first-order chi connectivity index (χ1) is 7.43. The highest BCUT2D eigenvalue weighted by Gasteiger charge is 2.39. The van der Waals surface area contributed by atoms with E-state index in [1.54, 1.807) is 0 Å². The average molecular weight is 250 g/mol. The van der Waals surface area contributed by atoms with Crippen LogP contribution >= 0.6 is 11.6 Å². The van der Waals surface area contributed by atoms with Gasteiger partial charge in [0.25, 0.3) is 5.92 Å². The molecule has 0 aliphatic heterocycles. The van der Waals surface area contributed by atoms with Crippen LogP contribution < -0.4 is 10.5 Å². The maximum Gasteiger partial charge on any atom is 0.294 e. The van der Waals surface area contributed by atoms with Crippen molar-refractivity contribution in [1.82, 2.24) is 0 Å². The van der Waals surface area contributed by atoms with Gasteiger partial charge < -0.3 is 15.3 Å². The molecule has 0 fully saturated rings. The zero-order valence-electron chi connectivity index (χ0n) is 8.41. The van der Waals surface area contributed by atoms with Crippen molar-refractivity contribution in [3.63, 3.8) is 0 Å². The fraction of sp³-hybridized carbons (Fsp3) is 0.300. The lowest BCUT2D eigenvalue weighted by atomic mass is 10.0. The third kappa shape index (κ3) is 2.31. The molecule has 0 aliphatic carbocycles. The van der Waals surface area contributed by atoms with E-state index >= 15 is 0 Å². The first-order valence-corrected chi connectivity index (χ1v) is 4.74. The van der Waals surface area contributed by atoms with Gasteiger partial charge in [-0.3, -0.25) is 0 Å². The maximum atomic E-state index is 13.5. The number of methoxy groups -OCH3 is 1. The van der Waals surface area contributed by atoms with Crippen molar-refractivity contribution >= 4 is 17.9 Å². The standard InChI is InChI=1S/C10H10ClF2NO2/c1-16-8-4-6(2-3-7(8)11)10(12,13)9(14)5-15/h2-5,9H,14H2,1H3. The van der Waals surface area contributed by atoms with Crippen LogP contribution in [0, 0.1) is 0 Å². The molecule has 0 aliphatic rings. The van der Waals surface area contributed by atoms with E-state index in [4.69, 9.17) is 22.1 Å². The van der Waals surface area contributed by atoms with Gasteiger partial charge in [-0.25, -0.2) is 0 Å². The molecule has 88 valence electrons. The summed E-state index contributed by atoms with van der Waals surface area (Å²) in [6, 6.07) is 1.54. The molecule has 1 atom stereocenters. The highest BCUT2D eigenvalue weighted by Crippen LogP contribution is 2.35. The van der Waals surface area contributed by atoms with Gasteiger partial charge in [-0.15, -0.1) is 0 Å². The van der Waals surface area contributed by atoms with E-state index in [-0.39, 0.29) is 17.1 Å². The molecule has 3 nitrogen and oxygen atoms in total. The quantitative estimate of drug-likeness (QED) is 0.830. The zero-order chi connectivity index (χ0) is 12.3. The number of carbonyl (C=O) groups is 1. The minimum atomic E-state index is -3.44. The second kappa shape index (κ2) is 4.76. The molecule has 1 aromatic carbocycles. The number of aldehydes is 1. The third-order valence-electron chi connectivity index (χ3n) is 2.10. The number of rotatable bonds is 4. The van der Waals surface area contributed by atoms with Gasteiger partial charge in [0.2, 0.25) is 0 Å². The van der Waals surface area contributed by atoms with E-state index in [0.717, 1.165) is 12.1 Å². The van der Waals surface area contributed by atoms with E-state index < -0.39 is 17.5 Å². The maximum absolute atomic E-state index is 13.5. The van der Waals surface area contributed by atoms with Gasteiger partial charge in [-0.1, -0.05) is 17.7 Å². The summed E-state index contributed by atoms with van der Waals surface area (Å²) in [4.78, 5) is 10.3. The summed E-state index contributed by atoms with van der Waals surface area (Å²) in [5.74, 6) is -3.34. The Balaban J connectivity index is 3.18. The summed E-state index contributed by atoms with van der Waals surface area (Å²) in [5, 5.41) is 0.210. The van der Waals surface area contributed by atoms with Crippen molar-refractivity contribution in [2.45, 2.75) is 12.0 Å².